The fraction of sp³-hybridized carbons (Fsp3) is 0.538. The highest BCUT2D eigenvalue weighted by atomic mass is 79.9. The van der Waals surface area contributed by atoms with Crippen LogP contribution in [0.3, 0.4) is 0 Å². The molecule has 19 heavy (non-hydrogen) atoms. The maximum Gasteiger partial charge on any atom is 0.243 e. The zero-order valence-corrected chi connectivity index (χ0v) is 14.2. The van der Waals surface area contributed by atoms with Crippen molar-refractivity contribution in [3.05, 3.63) is 28.2 Å². The molecule has 0 heterocycles. The van der Waals surface area contributed by atoms with E-state index in [2.05, 4.69) is 15.9 Å². The number of nitrogens with two attached hydrogens (primary N) is 1. The number of hydrogen-bond acceptors (Lipinski definition) is 3. The summed E-state index contributed by atoms with van der Waals surface area (Å²) in [6, 6.07) is 5.16. The third-order valence-corrected chi connectivity index (χ3v) is 5.49. The molecule has 0 atom stereocenters. The Bertz CT molecular complexity index is 556. The first-order valence-corrected chi connectivity index (χ1v) is 8.26. The van der Waals surface area contributed by atoms with E-state index in [1.54, 1.807) is 32.2 Å². The molecular weight excluding hydrogens is 328 g/mol. The van der Waals surface area contributed by atoms with E-state index in [-0.39, 0.29) is 5.41 Å². The maximum absolute atomic E-state index is 12.5. The Morgan fingerprint density at radius 2 is 1.95 bits per heavy atom. The maximum atomic E-state index is 12.5. The second-order valence-corrected chi connectivity index (χ2v) is 8.47. The van der Waals surface area contributed by atoms with Crippen LogP contribution in [0.2, 0.25) is 0 Å². The minimum absolute atomic E-state index is 0.245. The van der Waals surface area contributed by atoms with E-state index in [1.165, 1.54) is 4.31 Å². The van der Waals surface area contributed by atoms with E-state index in [4.69, 9.17) is 5.73 Å². The van der Waals surface area contributed by atoms with Crippen molar-refractivity contribution in [1.82, 2.24) is 4.31 Å². The van der Waals surface area contributed by atoms with Crippen LogP contribution in [0.5, 0.6) is 0 Å². The lowest BCUT2D eigenvalue weighted by molar-refractivity contribution is 0.292. The summed E-state index contributed by atoms with van der Waals surface area (Å²) in [4.78, 5) is 0.339. The first kappa shape index (κ1) is 16.6. The Morgan fingerprint density at radius 3 is 2.42 bits per heavy atom. The first-order chi connectivity index (χ1) is 8.60. The number of halogens is 1. The Morgan fingerprint density at radius 1 is 1.37 bits per heavy atom. The van der Waals surface area contributed by atoms with Crippen LogP contribution in [0.25, 0.3) is 0 Å². The fourth-order valence-electron chi connectivity index (χ4n) is 1.82. The molecule has 0 aliphatic rings. The second kappa shape index (κ2) is 5.91. The number of aryl methyl sites for hydroxylation is 1. The summed E-state index contributed by atoms with van der Waals surface area (Å²) in [6.07, 6.45) is 0. The highest BCUT2D eigenvalue weighted by molar-refractivity contribution is 9.10. The Hall–Kier alpha value is -0.430. The first-order valence-electron chi connectivity index (χ1n) is 6.03. The highest BCUT2D eigenvalue weighted by Gasteiger charge is 2.28. The van der Waals surface area contributed by atoms with E-state index in [9.17, 15) is 8.42 Å². The SMILES string of the molecule is Cc1cc(Br)ccc1S(=O)(=O)N(C)CC(C)(C)CN. The van der Waals surface area contributed by atoms with E-state index in [0.29, 0.717) is 18.0 Å². The molecule has 1 rings (SSSR count). The summed E-state index contributed by atoms with van der Waals surface area (Å²) in [7, 11) is -1.88. The minimum Gasteiger partial charge on any atom is -0.330 e. The molecule has 0 aromatic heterocycles. The van der Waals surface area contributed by atoms with Crippen molar-refractivity contribution in [3.8, 4) is 0 Å². The monoisotopic (exact) mass is 348 g/mol. The molecule has 0 bridgehead atoms. The zero-order valence-electron chi connectivity index (χ0n) is 11.8. The van der Waals surface area contributed by atoms with Crippen LogP contribution in [0.15, 0.2) is 27.6 Å². The molecule has 1 aromatic rings. The van der Waals surface area contributed by atoms with Gasteiger partial charge in [0.2, 0.25) is 10.0 Å². The van der Waals surface area contributed by atoms with Gasteiger partial charge in [-0.15, -0.1) is 0 Å². The highest BCUT2D eigenvalue weighted by Crippen LogP contribution is 2.25. The molecule has 1 aromatic carbocycles. The summed E-state index contributed by atoms with van der Waals surface area (Å²) in [5, 5.41) is 0. The Kier molecular flexibility index (Phi) is 5.17. The van der Waals surface area contributed by atoms with Gasteiger partial charge in [-0.25, -0.2) is 12.7 Å². The molecule has 0 unspecified atom stereocenters. The molecule has 4 nitrogen and oxygen atoms in total. The van der Waals surface area contributed by atoms with Gasteiger partial charge in [0.1, 0.15) is 0 Å². The standard InChI is InChI=1S/C13H21BrN2O2S/c1-10-7-11(14)5-6-12(10)19(17,18)16(4)9-13(2,3)8-15/h5-7H,8-9,15H2,1-4H3. The predicted octanol–water partition coefficient (Wildman–Crippen LogP) is 2.36. The summed E-state index contributed by atoms with van der Waals surface area (Å²) in [6.45, 7) is 6.52. The van der Waals surface area contributed by atoms with Gasteiger partial charge in [-0.05, 0) is 42.6 Å². The van der Waals surface area contributed by atoms with Gasteiger partial charge in [0.15, 0.2) is 0 Å². The average molecular weight is 349 g/mol. The van der Waals surface area contributed by atoms with E-state index < -0.39 is 10.0 Å². The summed E-state index contributed by atoms with van der Waals surface area (Å²) >= 11 is 3.34. The molecule has 0 saturated carbocycles. The zero-order chi connectivity index (χ0) is 14.8. The van der Waals surface area contributed by atoms with Crippen LogP contribution >= 0.6 is 15.9 Å². The molecule has 0 spiro atoms. The third kappa shape index (κ3) is 4.02. The Balaban J connectivity index is 3.10. The summed E-state index contributed by atoms with van der Waals surface area (Å²) in [5.41, 5.74) is 6.14. The normalized spacial score (nSPS) is 13.0. The van der Waals surface area contributed by atoms with E-state index in [1.807, 2.05) is 13.8 Å². The molecule has 6 heteroatoms. The molecule has 0 amide bonds. The summed E-state index contributed by atoms with van der Waals surface area (Å²) in [5.74, 6) is 0. The summed E-state index contributed by atoms with van der Waals surface area (Å²) < 4.78 is 27.3. The van der Waals surface area contributed by atoms with Crippen molar-refractivity contribution in [2.24, 2.45) is 11.1 Å². The van der Waals surface area contributed by atoms with Gasteiger partial charge in [-0.3, -0.25) is 0 Å². The number of hydrogen-bond donors (Lipinski definition) is 1. The van der Waals surface area contributed by atoms with Gasteiger partial charge in [0.05, 0.1) is 4.90 Å². The number of sulfonamides is 1. The lowest BCUT2D eigenvalue weighted by atomic mass is 9.94. The molecule has 0 radical (unpaired) electrons. The fourth-order valence-corrected chi connectivity index (χ4v) is 3.86. The average Bonchev–Trinajstić information content (AvgIpc) is 2.27. The third-order valence-electron chi connectivity index (χ3n) is 3.03. The van der Waals surface area contributed by atoms with Gasteiger partial charge in [0, 0.05) is 18.1 Å². The van der Waals surface area contributed by atoms with Crippen LogP contribution in [-0.4, -0.2) is 32.9 Å². The largest absolute Gasteiger partial charge is 0.330 e. The van der Waals surface area contributed by atoms with Gasteiger partial charge < -0.3 is 5.73 Å². The van der Waals surface area contributed by atoms with E-state index >= 15 is 0 Å². The van der Waals surface area contributed by atoms with Crippen molar-refractivity contribution < 1.29 is 8.42 Å². The van der Waals surface area contributed by atoms with Crippen LogP contribution < -0.4 is 5.73 Å². The Labute approximate surface area is 124 Å². The van der Waals surface area contributed by atoms with E-state index in [0.717, 1.165) is 10.0 Å². The van der Waals surface area contributed by atoms with Gasteiger partial charge in [0.25, 0.3) is 0 Å². The van der Waals surface area contributed by atoms with Gasteiger partial charge in [-0.2, -0.15) is 0 Å². The van der Waals surface area contributed by atoms with Crippen LogP contribution in [0.1, 0.15) is 19.4 Å². The molecule has 0 saturated heterocycles. The molecule has 0 fully saturated rings. The van der Waals surface area contributed by atoms with Crippen molar-refractivity contribution >= 4 is 26.0 Å². The van der Waals surface area contributed by atoms with Crippen LogP contribution in [-0.2, 0) is 10.0 Å². The second-order valence-electron chi connectivity index (χ2n) is 5.54. The molecular formula is C13H21BrN2O2S. The van der Waals surface area contributed by atoms with Crippen molar-refractivity contribution in [2.75, 3.05) is 20.1 Å². The minimum atomic E-state index is -3.47. The van der Waals surface area contributed by atoms with Crippen molar-refractivity contribution in [1.29, 1.82) is 0 Å². The molecule has 0 aliphatic heterocycles. The van der Waals surface area contributed by atoms with Gasteiger partial charge in [-0.1, -0.05) is 29.8 Å². The van der Waals surface area contributed by atoms with Gasteiger partial charge >= 0.3 is 0 Å². The van der Waals surface area contributed by atoms with Crippen molar-refractivity contribution in [3.63, 3.8) is 0 Å². The molecule has 2 N–H and O–H groups in total. The number of nitrogens with zero attached hydrogens (tertiary/aromatic N) is 1. The van der Waals surface area contributed by atoms with Crippen LogP contribution in [0.4, 0.5) is 0 Å². The number of rotatable bonds is 5. The number of benzene rings is 1. The lowest BCUT2D eigenvalue weighted by Gasteiger charge is -2.28. The topological polar surface area (TPSA) is 63.4 Å². The predicted molar refractivity (Wildman–Crippen MR) is 81.5 cm³/mol. The molecule has 0 aliphatic carbocycles. The molecule has 108 valence electrons. The van der Waals surface area contributed by atoms with Crippen molar-refractivity contribution in [2.45, 2.75) is 25.7 Å². The quantitative estimate of drug-likeness (QED) is 0.888. The lowest BCUT2D eigenvalue weighted by Crippen LogP contribution is -2.39. The smallest absolute Gasteiger partial charge is 0.243 e. The van der Waals surface area contributed by atoms with Crippen LogP contribution in [0, 0.1) is 12.3 Å².